The molecule has 0 atom stereocenters. The summed E-state index contributed by atoms with van der Waals surface area (Å²) in [6.07, 6.45) is 0. The van der Waals surface area contributed by atoms with E-state index in [1.165, 1.54) is 44.2 Å². The molecule has 53 heavy (non-hydrogen) atoms. The molecule has 9 aromatic rings. The van der Waals surface area contributed by atoms with Crippen molar-refractivity contribution < 1.29 is 0 Å². The highest BCUT2D eigenvalue weighted by Gasteiger charge is 2.51. The second-order valence-electron chi connectivity index (χ2n) is 14.0. The first-order chi connectivity index (χ1) is 26.3. The van der Waals surface area contributed by atoms with E-state index >= 15 is 0 Å². The third-order valence-corrected chi connectivity index (χ3v) is 11.4. The number of hydrogen-bond donors (Lipinski definition) is 0. The Morgan fingerprint density at radius 2 is 0.868 bits per heavy atom. The molecule has 0 bridgehead atoms. The summed E-state index contributed by atoms with van der Waals surface area (Å²) in [6.45, 7) is 0. The molecule has 0 saturated heterocycles. The fraction of sp³-hybridized carbons (Fsp3) is 0.0200. The van der Waals surface area contributed by atoms with E-state index in [1.54, 1.807) is 0 Å². The van der Waals surface area contributed by atoms with Crippen molar-refractivity contribution in [3.63, 3.8) is 0 Å². The van der Waals surface area contributed by atoms with Crippen molar-refractivity contribution in [1.29, 1.82) is 5.26 Å². The van der Waals surface area contributed by atoms with Crippen LogP contribution in [0, 0.1) is 11.3 Å². The lowest BCUT2D eigenvalue weighted by molar-refractivity contribution is 0.752. The van der Waals surface area contributed by atoms with Gasteiger partial charge < -0.3 is 9.47 Å². The van der Waals surface area contributed by atoms with Gasteiger partial charge in [-0.15, -0.1) is 0 Å². The number of nitriles is 1. The maximum absolute atomic E-state index is 10.3. The molecule has 1 spiro atoms. The average Bonchev–Trinajstić information content (AvgIpc) is 3.72. The predicted molar refractivity (Wildman–Crippen MR) is 216 cm³/mol. The van der Waals surface area contributed by atoms with Crippen molar-refractivity contribution in [2.24, 2.45) is 0 Å². The summed E-state index contributed by atoms with van der Waals surface area (Å²) in [5, 5.41) is 12.7. The molecule has 246 valence electrons. The van der Waals surface area contributed by atoms with E-state index in [9.17, 15) is 5.26 Å². The third kappa shape index (κ3) is 3.98. The van der Waals surface area contributed by atoms with E-state index in [-0.39, 0.29) is 0 Å². The van der Waals surface area contributed by atoms with Crippen LogP contribution < -0.4 is 4.90 Å². The monoisotopic (exact) mass is 673 g/mol. The molecule has 1 aliphatic carbocycles. The topological polar surface area (TPSA) is 32.0 Å². The first-order valence-corrected chi connectivity index (χ1v) is 18.1. The summed E-state index contributed by atoms with van der Waals surface area (Å²) < 4.78 is 2.37. The molecule has 0 fully saturated rings. The van der Waals surface area contributed by atoms with Crippen LogP contribution in [0.3, 0.4) is 0 Å². The normalized spacial score (nSPS) is 13.4. The Balaban J connectivity index is 1.24. The molecule has 2 aliphatic rings. The lowest BCUT2D eigenvalue weighted by Gasteiger charge is -2.45. The maximum atomic E-state index is 10.3. The van der Waals surface area contributed by atoms with Crippen LogP contribution in [0.2, 0.25) is 0 Å². The van der Waals surface area contributed by atoms with Gasteiger partial charge in [0.1, 0.15) is 0 Å². The van der Waals surface area contributed by atoms with Gasteiger partial charge in [-0.3, -0.25) is 0 Å². The number of anilines is 3. The predicted octanol–water partition coefficient (Wildman–Crippen LogP) is 12.5. The second-order valence-corrected chi connectivity index (χ2v) is 14.0. The van der Waals surface area contributed by atoms with Crippen molar-refractivity contribution in [1.82, 2.24) is 4.57 Å². The molecule has 2 heterocycles. The lowest BCUT2D eigenvalue weighted by Crippen LogP contribution is -2.36. The second kappa shape index (κ2) is 11.2. The Hall–Kier alpha value is -7.15. The van der Waals surface area contributed by atoms with Gasteiger partial charge in [-0.1, -0.05) is 140 Å². The van der Waals surface area contributed by atoms with Crippen LogP contribution in [-0.4, -0.2) is 4.57 Å². The number of aromatic nitrogens is 1. The van der Waals surface area contributed by atoms with Crippen LogP contribution in [0.4, 0.5) is 17.1 Å². The molecular weight excluding hydrogens is 643 g/mol. The van der Waals surface area contributed by atoms with E-state index in [0.717, 1.165) is 44.9 Å². The van der Waals surface area contributed by atoms with Gasteiger partial charge >= 0.3 is 0 Å². The Kier molecular flexibility index (Phi) is 6.23. The standard InChI is InChI=1S/C50H31N3/c51-32-33-15-1-2-16-37(33)34-29-35(52-46-25-11-5-19-40(46)41-20-6-12-26-47(41)52)31-36(30-34)53-48-27-13-9-23-44(48)50(45-24-10-14-28-49(45)53)42-21-7-3-17-38(42)39-18-4-8-22-43(39)50/h1-31H. The minimum absolute atomic E-state index is 0.489. The zero-order valence-corrected chi connectivity index (χ0v) is 28.7. The molecule has 1 aromatic heterocycles. The van der Waals surface area contributed by atoms with E-state index in [0.29, 0.717) is 5.56 Å². The van der Waals surface area contributed by atoms with Gasteiger partial charge in [0, 0.05) is 22.1 Å². The SMILES string of the molecule is N#Cc1ccccc1-c1cc(N2c3ccccc3C3(c4ccccc4-c4ccccc43)c3ccccc32)cc(-n2c3ccccc3c3ccccc32)c1. The van der Waals surface area contributed by atoms with Gasteiger partial charge in [0.25, 0.3) is 0 Å². The molecule has 3 nitrogen and oxygen atoms in total. The van der Waals surface area contributed by atoms with Crippen molar-refractivity contribution in [3.8, 4) is 34.0 Å². The van der Waals surface area contributed by atoms with E-state index in [2.05, 4.69) is 185 Å². The van der Waals surface area contributed by atoms with Gasteiger partial charge in [-0.05, 0) is 93.0 Å². The summed E-state index contributed by atoms with van der Waals surface area (Å²) in [5.41, 5.74) is 16.4. The highest BCUT2D eigenvalue weighted by atomic mass is 15.2. The van der Waals surface area contributed by atoms with Crippen molar-refractivity contribution in [2.45, 2.75) is 5.41 Å². The average molecular weight is 674 g/mol. The van der Waals surface area contributed by atoms with Crippen molar-refractivity contribution >= 4 is 38.9 Å². The molecule has 0 unspecified atom stereocenters. The van der Waals surface area contributed by atoms with Gasteiger partial charge in [0.15, 0.2) is 0 Å². The smallest absolute Gasteiger partial charge is 0.0998 e. The Bertz CT molecular complexity index is 2850. The molecule has 0 N–H and O–H groups in total. The Morgan fingerprint density at radius 1 is 0.415 bits per heavy atom. The highest BCUT2D eigenvalue weighted by molar-refractivity contribution is 6.09. The minimum Gasteiger partial charge on any atom is -0.310 e. The van der Waals surface area contributed by atoms with E-state index < -0.39 is 5.41 Å². The number of rotatable bonds is 3. The lowest BCUT2D eigenvalue weighted by atomic mass is 9.64. The van der Waals surface area contributed by atoms with Crippen LogP contribution in [0.25, 0.3) is 49.7 Å². The molecule has 8 aromatic carbocycles. The van der Waals surface area contributed by atoms with Gasteiger partial charge in [-0.25, -0.2) is 0 Å². The number of fused-ring (bicyclic) bond motifs is 12. The molecule has 0 saturated carbocycles. The Labute approximate surface area is 307 Å². The first kappa shape index (κ1) is 29.6. The fourth-order valence-electron chi connectivity index (χ4n) is 9.38. The number of hydrogen-bond acceptors (Lipinski definition) is 2. The third-order valence-electron chi connectivity index (χ3n) is 11.4. The summed E-state index contributed by atoms with van der Waals surface area (Å²) in [6, 6.07) is 70.2. The van der Waals surface area contributed by atoms with Crippen LogP contribution in [0.1, 0.15) is 27.8 Å². The van der Waals surface area contributed by atoms with E-state index in [4.69, 9.17) is 0 Å². The molecular formula is C50H31N3. The van der Waals surface area contributed by atoms with E-state index in [1.807, 2.05) is 18.2 Å². The van der Waals surface area contributed by atoms with Gasteiger partial charge in [0.05, 0.1) is 39.5 Å². The fourth-order valence-corrected chi connectivity index (χ4v) is 9.38. The summed E-state index contributed by atoms with van der Waals surface area (Å²) >= 11 is 0. The molecule has 1 aliphatic heterocycles. The van der Waals surface area contributed by atoms with Crippen LogP contribution in [-0.2, 0) is 5.41 Å². The maximum Gasteiger partial charge on any atom is 0.0998 e. The highest BCUT2D eigenvalue weighted by Crippen LogP contribution is 2.63. The van der Waals surface area contributed by atoms with Gasteiger partial charge in [0.2, 0.25) is 0 Å². The van der Waals surface area contributed by atoms with Crippen LogP contribution in [0.15, 0.2) is 188 Å². The largest absolute Gasteiger partial charge is 0.310 e. The van der Waals surface area contributed by atoms with Crippen molar-refractivity contribution in [3.05, 3.63) is 216 Å². The van der Waals surface area contributed by atoms with Crippen LogP contribution in [0.5, 0.6) is 0 Å². The zero-order valence-electron chi connectivity index (χ0n) is 28.7. The number of nitrogens with zero attached hydrogens (tertiary/aromatic N) is 3. The molecule has 11 rings (SSSR count). The summed E-state index contributed by atoms with van der Waals surface area (Å²) in [7, 11) is 0. The van der Waals surface area contributed by atoms with Crippen molar-refractivity contribution in [2.75, 3.05) is 4.90 Å². The minimum atomic E-state index is -0.489. The zero-order chi connectivity index (χ0) is 35.1. The summed E-state index contributed by atoms with van der Waals surface area (Å²) in [5.74, 6) is 0. The molecule has 0 radical (unpaired) electrons. The molecule has 0 amide bonds. The summed E-state index contributed by atoms with van der Waals surface area (Å²) in [4.78, 5) is 2.44. The quantitative estimate of drug-likeness (QED) is 0.187. The first-order valence-electron chi connectivity index (χ1n) is 18.1. The van der Waals surface area contributed by atoms with Gasteiger partial charge in [-0.2, -0.15) is 5.26 Å². The Morgan fingerprint density at radius 3 is 1.45 bits per heavy atom. The number of para-hydroxylation sites is 4. The molecule has 3 heteroatoms. The van der Waals surface area contributed by atoms with Crippen LogP contribution >= 0.6 is 0 Å². The number of benzene rings is 8.